The summed E-state index contributed by atoms with van der Waals surface area (Å²) in [6.45, 7) is 10.2. The highest BCUT2D eigenvalue weighted by Gasteiger charge is 2.36. The van der Waals surface area contributed by atoms with E-state index in [0.29, 0.717) is 5.41 Å². The van der Waals surface area contributed by atoms with Gasteiger partial charge in [0.2, 0.25) is 0 Å². The molecule has 1 spiro atoms. The number of nitrogens with one attached hydrogen (secondary N) is 1. The average molecular weight is 263 g/mol. The second kappa shape index (κ2) is 6.24. The third-order valence-corrected chi connectivity index (χ3v) is 4.88. The van der Waals surface area contributed by atoms with Crippen LogP contribution in [0.1, 0.15) is 52.4 Å². The average Bonchev–Trinajstić information content (AvgIpc) is 2.40. The highest BCUT2D eigenvalue weighted by Crippen LogP contribution is 2.36. The van der Waals surface area contributed by atoms with Crippen LogP contribution < -0.4 is 5.32 Å². The van der Waals surface area contributed by atoms with Crippen molar-refractivity contribution in [3.05, 3.63) is 0 Å². The Labute approximate surface area is 118 Å². The fraction of sp³-hybridized carbons (Fsp3) is 0.938. The van der Waals surface area contributed by atoms with Crippen molar-refractivity contribution >= 4 is 0 Å². The van der Waals surface area contributed by atoms with E-state index < -0.39 is 0 Å². The Hall–Kier alpha value is -0.590. The summed E-state index contributed by atoms with van der Waals surface area (Å²) in [6, 6.07) is 2.41. The van der Waals surface area contributed by atoms with E-state index in [-0.39, 0.29) is 5.41 Å². The zero-order valence-electron chi connectivity index (χ0n) is 12.7. The van der Waals surface area contributed by atoms with Gasteiger partial charge in [0.25, 0.3) is 0 Å². The van der Waals surface area contributed by atoms with Crippen LogP contribution in [0.4, 0.5) is 0 Å². The molecule has 2 aliphatic heterocycles. The summed E-state index contributed by atoms with van der Waals surface area (Å²) in [5.41, 5.74) is 0.404. The van der Waals surface area contributed by atoms with E-state index in [1.54, 1.807) is 0 Å². The van der Waals surface area contributed by atoms with Crippen molar-refractivity contribution in [2.75, 3.05) is 32.7 Å². The molecule has 2 rings (SSSR count). The zero-order chi connectivity index (χ0) is 13.8. The van der Waals surface area contributed by atoms with Gasteiger partial charge in [-0.15, -0.1) is 0 Å². The van der Waals surface area contributed by atoms with E-state index in [0.717, 1.165) is 12.8 Å². The molecule has 0 aromatic carbocycles. The molecule has 19 heavy (non-hydrogen) atoms. The summed E-state index contributed by atoms with van der Waals surface area (Å²) in [7, 11) is 0. The first kappa shape index (κ1) is 14.8. The molecule has 1 N–H and O–H groups in total. The topological polar surface area (TPSA) is 39.1 Å². The van der Waals surface area contributed by atoms with Crippen LogP contribution in [0.5, 0.6) is 0 Å². The first-order valence-corrected chi connectivity index (χ1v) is 7.90. The second-order valence-electron chi connectivity index (χ2n) is 7.26. The van der Waals surface area contributed by atoms with E-state index in [9.17, 15) is 0 Å². The SMILES string of the molecule is CC(C)(C#N)CCCN1CCCC2(CCCNC2)C1. The monoisotopic (exact) mass is 263 g/mol. The lowest BCUT2D eigenvalue weighted by molar-refractivity contribution is 0.0625. The second-order valence-corrected chi connectivity index (χ2v) is 7.26. The summed E-state index contributed by atoms with van der Waals surface area (Å²) in [6.07, 6.45) is 7.67. The van der Waals surface area contributed by atoms with E-state index in [4.69, 9.17) is 5.26 Å². The van der Waals surface area contributed by atoms with Crippen molar-refractivity contribution in [2.24, 2.45) is 10.8 Å². The summed E-state index contributed by atoms with van der Waals surface area (Å²) < 4.78 is 0. The van der Waals surface area contributed by atoms with Gasteiger partial charge in [-0.25, -0.2) is 0 Å². The minimum atomic E-state index is -0.153. The molecule has 2 heterocycles. The molecule has 2 saturated heterocycles. The van der Waals surface area contributed by atoms with Crippen LogP contribution in [0.3, 0.4) is 0 Å². The normalized spacial score (nSPS) is 29.3. The van der Waals surface area contributed by atoms with Crippen molar-refractivity contribution in [3.63, 3.8) is 0 Å². The van der Waals surface area contributed by atoms with Gasteiger partial charge in [-0.3, -0.25) is 0 Å². The molecule has 2 aliphatic rings. The number of rotatable bonds is 4. The van der Waals surface area contributed by atoms with Gasteiger partial charge in [-0.1, -0.05) is 0 Å². The van der Waals surface area contributed by atoms with Crippen LogP contribution in [0.15, 0.2) is 0 Å². The van der Waals surface area contributed by atoms with E-state index in [1.807, 2.05) is 0 Å². The molecule has 3 nitrogen and oxygen atoms in total. The van der Waals surface area contributed by atoms with Gasteiger partial charge in [0.1, 0.15) is 0 Å². The van der Waals surface area contributed by atoms with Crippen molar-refractivity contribution in [1.29, 1.82) is 5.26 Å². The minimum Gasteiger partial charge on any atom is -0.316 e. The van der Waals surface area contributed by atoms with Gasteiger partial charge in [0, 0.05) is 13.1 Å². The maximum absolute atomic E-state index is 9.06. The molecule has 0 amide bonds. The standard InChI is InChI=1S/C16H29N3/c1-15(2,12-17)6-4-10-19-11-5-8-16(14-19)7-3-9-18-13-16/h18H,3-11,13-14H2,1-2H3. The smallest absolute Gasteiger partial charge is 0.0683 e. The molecule has 0 saturated carbocycles. The summed E-state index contributed by atoms with van der Waals surface area (Å²) >= 11 is 0. The largest absolute Gasteiger partial charge is 0.316 e. The maximum Gasteiger partial charge on any atom is 0.0683 e. The molecule has 1 atom stereocenters. The summed E-state index contributed by atoms with van der Waals surface area (Å²) in [5.74, 6) is 0. The first-order valence-electron chi connectivity index (χ1n) is 7.90. The lowest BCUT2D eigenvalue weighted by atomic mass is 9.74. The quantitative estimate of drug-likeness (QED) is 0.847. The molecule has 0 radical (unpaired) electrons. The van der Waals surface area contributed by atoms with Crippen LogP contribution >= 0.6 is 0 Å². The summed E-state index contributed by atoms with van der Waals surface area (Å²) in [4.78, 5) is 2.64. The Bertz CT molecular complexity index is 318. The van der Waals surface area contributed by atoms with Crippen molar-refractivity contribution in [1.82, 2.24) is 10.2 Å². The van der Waals surface area contributed by atoms with Crippen molar-refractivity contribution < 1.29 is 0 Å². The highest BCUT2D eigenvalue weighted by molar-refractivity contribution is 4.93. The minimum absolute atomic E-state index is 0.153. The van der Waals surface area contributed by atoms with E-state index in [1.165, 1.54) is 58.4 Å². The number of hydrogen-bond acceptors (Lipinski definition) is 3. The van der Waals surface area contributed by atoms with Crippen LogP contribution in [0.2, 0.25) is 0 Å². The van der Waals surface area contributed by atoms with Crippen LogP contribution in [0.25, 0.3) is 0 Å². The molecule has 0 aromatic heterocycles. The van der Waals surface area contributed by atoms with Crippen LogP contribution in [-0.4, -0.2) is 37.6 Å². The number of nitriles is 1. The Morgan fingerprint density at radius 3 is 2.79 bits per heavy atom. The number of piperidine rings is 2. The maximum atomic E-state index is 9.06. The van der Waals surface area contributed by atoms with Gasteiger partial charge in [0.15, 0.2) is 0 Å². The first-order chi connectivity index (χ1) is 9.05. The molecular weight excluding hydrogens is 234 g/mol. The van der Waals surface area contributed by atoms with Crippen LogP contribution in [0, 0.1) is 22.2 Å². The third-order valence-electron chi connectivity index (χ3n) is 4.88. The van der Waals surface area contributed by atoms with Gasteiger partial charge in [-0.2, -0.15) is 5.26 Å². The zero-order valence-corrected chi connectivity index (χ0v) is 12.7. The molecule has 0 aliphatic carbocycles. The number of hydrogen-bond donors (Lipinski definition) is 1. The lowest BCUT2D eigenvalue weighted by Gasteiger charge is -2.45. The Balaban J connectivity index is 1.77. The molecule has 0 bridgehead atoms. The predicted molar refractivity (Wildman–Crippen MR) is 78.8 cm³/mol. The number of likely N-dealkylation sites (tertiary alicyclic amines) is 1. The number of nitrogens with zero attached hydrogens (tertiary/aromatic N) is 2. The molecule has 1 unspecified atom stereocenters. The van der Waals surface area contributed by atoms with E-state index in [2.05, 4.69) is 30.1 Å². The Morgan fingerprint density at radius 2 is 2.11 bits per heavy atom. The molecule has 2 fully saturated rings. The molecule has 0 aromatic rings. The highest BCUT2D eigenvalue weighted by atomic mass is 15.1. The van der Waals surface area contributed by atoms with Gasteiger partial charge in [-0.05, 0) is 77.4 Å². The Morgan fingerprint density at radius 1 is 1.32 bits per heavy atom. The molecule has 108 valence electrons. The van der Waals surface area contributed by atoms with Crippen LogP contribution in [-0.2, 0) is 0 Å². The van der Waals surface area contributed by atoms with Gasteiger partial charge in [0.05, 0.1) is 11.5 Å². The van der Waals surface area contributed by atoms with E-state index >= 15 is 0 Å². The van der Waals surface area contributed by atoms with Crippen molar-refractivity contribution in [2.45, 2.75) is 52.4 Å². The van der Waals surface area contributed by atoms with Gasteiger partial charge >= 0.3 is 0 Å². The fourth-order valence-corrected chi connectivity index (χ4v) is 3.68. The Kier molecular flexibility index (Phi) is 4.86. The van der Waals surface area contributed by atoms with Crippen molar-refractivity contribution in [3.8, 4) is 6.07 Å². The third kappa shape index (κ3) is 4.19. The molecular formula is C16H29N3. The van der Waals surface area contributed by atoms with Gasteiger partial charge < -0.3 is 10.2 Å². The predicted octanol–water partition coefficient (Wildman–Crippen LogP) is 2.78. The lowest BCUT2D eigenvalue weighted by Crippen LogP contribution is -2.51. The summed E-state index contributed by atoms with van der Waals surface area (Å²) in [5, 5.41) is 12.6. The molecule has 3 heteroatoms. The fourth-order valence-electron chi connectivity index (χ4n) is 3.68.